The van der Waals surface area contributed by atoms with Crippen molar-refractivity contribution in [3.63, 3.8) is 0 Å². The SMILES string of the molecule is CNCCCCS(=O)(=O)N(C)Cc1ccoc1C. The van der Waals surface area contributed by atoms with Crippen LogP contribution in [0.2, 0.25) is 0 Å². The second-order valence-electron chi connectivity index (χ2n) is 4.38. The van der Waals surface area contributed by atoms with E-state index in [-0.39, 0.29) is 5.75 Å². The fourth-order valence-corrected chi connectivity index (χ4v) is 2.87. The summed E-state index contributed by atoms with van der Waals surface area (Å²) in [5.41, 5.74) is 0.913. The van der Waals surface area contributed by atoms with Crippen LogP contribution in [-0.2, 0) is 16.6 Å². The van der Waals surface area contributed by atoms with Crippen LogP contribution in [0.25, 0.3) is 0 Å². The van der Waals surface area contributed by atoms with E-state index in [1.54, 1.807) is 13.3 Å². The van der Waals surface area contributed by atoms with E-state index in [0.29, 0.717) is 13.0 Å². The first-order valence-electron chi connectivity index (χ1n) is 6.09. The maximum Gasteiger partial charge on any atom is 0.214 e. The van der Waals surface area contributed by atoms with Gasteiger partial charge in [-0.2, -0.15) is 0 Å². The van der Waals surface area contributed by atoms with Gasteiger partial charge in [-0.3, -0.25) is 0 Å². The molecular weight excluding hydrogens is 252 g/mol. The number of sulfonamides is 1. The summed E-state index contributed by atoms with van der Waals surface area (Å²) in [6.45, 7) is 3.06. The molecule has 0 bridgehead atoms. The molecule has 0 radical (unpaired) electrons. The number of hydrogen-bond donors (Lipinski definition) is 1. The largest absolute Gasteiger partial charge is 0.469 e. The minimum Gasteiger partial charge on any atom is -0.469 e. The van der Waals surface area contributed by atoms with E-state index in [9.17, 15) is 8.42 Å². The molecule has 0 aliphatic rings. The number of hydrogen-bond acceptors (Lipinski definition) is 4. The molecule has 0 aromatic carbocycles. The summed E-state index contributed by atoms with van der Waals surface area (Å²) >= 11 is 0. The first kappa shape index (κ1) is 15.2. The first-order valence-corrected chi connectivity index (χ1v) is 7.70. The van der Waals surface area contributed by atoms with Gasteiger partial charge in [-0.05, 0) is 39.4 Å². The molecule has 0 aliphatic carbocycles. The quantitative estimate of drug-likeness (QED) is 0.727. The zero-order chi connectivity index (χ0) is 13.6. The third-order valence-electron chi connectivity index (χ3n) is 2.91. The highest BCUT2D eigenvalue weighted by atomic mass is 32.2. The highest BCUT2D eigenvalue weighted by Crippen LogP contribution is 2.13. The van der Waals surface area contributed by atoms with Crippen molar-refractivity contribution < 1.29 is 12.8 Å². The summed E-state index contributed by atoms with van der Waals surface area (Å²) in [5, 5.41) is 3.01. The molecule has 0 saturated carbocycles. The van der Waals surface area contributed by atoms with Crippen molar-refractivity contribution >= 4 is 10.0 Å². The molecule has 0 amide bonds. The Bertz CT molecular complexity index is 454. The predicted molar refractivity (Wildman–Crippen MR) is 71.9 cm³/mol. The number of aryl methyl sites for hydroxylation is 1. The van der Waals surface area contributed by atoms with Crippen LogP contribution in [0.15, 0.2) is 16.7 Å². The van der Waals surface area contributed by atoms with Crippen LogP contribution in [0.4, 0.5) is 0 Å². The second-order valence-corrected chi connectivity index (χ2v) is 6.58. The lowest BCUT2D eigenvalue weighted by molar-refractivity contribution is 0.457. The second kappa shape index (κ2) is 6.92. The van der Waals surface area contributed by atoms with Crippen molar-refractivity contribution in [2.45, 2.75) is 26.3 Å². The lowest BCUT2D eigenvalue weighted by atomic mass is 10.3. The van der Waals surface area contributed by atoms with E-state index in [2.05, 4.69) is 5.32 Å². The fourth-order valence-electron chi connectivity index (χ4n) is 1.66. The van der Waals surface area contributed by atoms with Crippen LogP contribution in [0, 0.1) is 6.92 Å². The van der Waals surface area contributed by atoms with Gasteiger partial charge in [0.2, 0.25) is 10.0 Å². The van der Waals surface area contributed by atoms with Crippen molar-refractivity contribution in [2.75, 3.05) is 26.4 Å². The molecule has 0 fully saturated rings. The number of furan rings is 1. The molecule has 1 aromatic rings. The van der Waals surface area contributed by atoms with Gasteiger partial charge in [0.25, 0.3) is 0 Å². The van der Waals surface area contributed by atoms with E-state index >= 15 is 0 Å². The van der Waals surface area contributed by atoms with Gasteiger partial charge in [-0.25, -0.2) is 12.7 Å². The van der Waals surface area contributed by atoms with E-state index < -0.39 is 10.0 Å². The molecular formula is C12H22N2O3S. The Kier molecular flexibility index (Phi) is 5.84. The van der Waals surface area contributed by atoms with Gasteiger partial charge in [-0.15, -0.1) is 0 Å². The van der Waals surface area contributed by atoms with Crippen LogP contribution in [0.1, 0.15) is 24.2 Å². The summed E-state index contributed by atoms with van der Waals surface area (Å²) < 4.78 is 30.6. The zero-order valence-corrected chi connectivity index (χ0v) is 12.1. The van der Waals surface area contributed by atoms with E-state index in [4.69, 9.17) is 4.42 Å². The Morgan fingerprint density at radius 1 is 1.39 bits per heavy atom. The van der Waals surface area contributed by atoms with Crippen molar-refractivity contribution in [1.29, 1.82) is 0 Å². The van der Waals surface area contributed by atoms with Crippen LogP contribution >= 0.6 is 0 Å². The van der Waals surface area contributed by atoms with E-state index in [1.807, 2.05) is 20.0 Å². The van der Waals surface area contributed by atoms with Crippen LogP contribution in [0.5, 0.6) is 0 Å². The molecule has 0 spiro atoms. The van der Waals surface area contributed by atoms with Crippen molar-refractivity contribution in [3.8, 4) is 0 Å². The number of unbranched alkanes of at least 4 members (excludes halogenated alkanes) is 1. The normalized spacial score (nSPS) is 12.2. The maximum absolute atomic E-state index is 12.0. The molecule has 1 aromatic heterocycles. The lowest BCUT2D eigenvalue weighted by Crippen LogP contribution is -2.29. The van der Waals surface area contributed by atoms with E-state index in [0.717, 1.165) is 24.3 Å². The lowest BCUT2D eigenvalue weighted by Gasteiger charge is -2.16. The molecule has 1 N–H and O–H groups in total. The molecule has 5 nitrogen and oxygen atoms in total. The van der Waals surface area contributed by atoms with Crippen molar-refractivity contribution in [1.82, 2.24) is 9.62 Å². The molecule has 6 heteroatoms. The Morgan fingerprint density at radius 3 is 2.67 bits per heavy atom. The van der Waals surface area contributed by atoms with Gasteiger partial charge >= 0.3 is 0 Å². The molecule has 0 atom stereocenters. The van der Waals surface area contributed by atoms with Gasteiger partial charge in [0, 0.05) is 19.2 Å². The van der Waals surface area contributed by atoms with Crippen LogP contribution < -0.4 is 5.32 Å². The fraction of sp³-hybridized carbons (Fsp3) is 0.667. The minimum atomic E-state index is -3.17. The third kappa shape index (κ3) is 4.44. The molecule has 18 heavy (non-hydrogen) atoms. The van der Waals surface area contributed by atoms with E-state index in [1.165, 1.54) is 4.31 Å². The van der Waals surface area contributed by atoms with Gasteiger partial charge in [-0.1, -0.05) is 0 Å². The van der Waals surface area contributed by atoms with Gasteiger partial charge in [0.15, 0.2) is 0 Å². The monoisotopic (exact) mass is 274 g/mol. The smallest absolute Gasteiger partial charge is 0.214 e. The Balaban J connectivity index is 2.49. The summed E-state index contributed by atoms with van der Waals surface area (Å²) in [6.07, 6.45) is 3.13. The number of rotatable bonds is 8. The van der Waals surface area contributed by atoms with Gasteiger partial charge in [0.05, 0.1) is 12.0 Å². The van der Waals surface area contributed by atoms with Crippen LogP contribution in [-0.4, -0.2) is 39.1 Å². The van der Waals surface area contributed by atoms with Crippen molar-refractivity contribution in [3.05, 3.63) is 23.7 Å². The average molecular weight is 274 g/mol. The standard InChI is InChI=1S/C12H22N2O3S/c1-11-12(6-8-17-11)10-14(3)18(15,16)9-5-4-7-13-2/h6,8,13H,4-5,7,9-10H2,1-3H3. The van der Waals surface area contributed by atoms with Gasteiger partial charge < -0.3 is 9.73 Å². The highest BCUT2D eigenvalue weighted by molar-refractivity contribution is 7.89. The Morgan fingerprint density at radius 2 is 2.11 bits per heavy atom. The molecule has 1 rings (SSSR count). The molecule has 0 saturated heterocycles. The summed E-state index contributed by atoms with van der Waals surface area (Å²) in [7, 11) is 0.305. The topological polar surface area (TPSA) is 62.6 Å². The molecule has 104 valence electrons. The predicted octanol–water partition coefficient (Wildman–Crippen LogP) is 1.35. The molecule has 0 aliphatic heterocycles. The summed E-state index contributed by atoms with van der Waals surface area (Å²) in [5.74, 6) is 0.967. The molecule has 0 unspecified atom stereocenters. The highest BCUT2D eigenvalue weighted by Gasteiger charge is 2.18. The van der Waals surface area contributed by atoms with Gasteiger partial charge in [0.1, 0.15) is 5.76 Å². The zero-order valence-electron chi connectivity index (χ0n) is 11.3. The average Bonchev–Trinajstić information content (AvgIpc) is 2.71. The summed E-state index contributed by atoms with van der Waals surface area (Å²) in [4.78, 5) is 0. The Hall–Kier alpha value is -0.850. The Labute approximate surface area is 109 Å². The molecule has 1 heterocycles. The first-order chi connectivity index (χ1) is 8.47. The minimum absolute atomic E-state index is 0.197. The van der Waals surface area contributed by atoms with Crippen molar-refractivity contribution in [2.24, 2.45) is 0 Å². The number of nitrogens with zero attached hydrogens (tertiary/aromatic N) is 1. The van der Waals surface area contributed by atoms with Crippen LogP contribution in [0.3, 0.4) is 0 Å². The third-order valence-corrected chi connectivity index (χ3v) is 4.80. The number of nitrogens with one attached hydrogen (secondary N) is 1. The maximum atomic E-state index is 12.0. The summed E-state index contributed by atoms with van der Waals surface area (Å²) in [6, 6.07) is 1.81.